The average Bonchev–Trinajstić information content (AvgIpc) is 2.66. The summed E-state index contributed by atoms with van der Waals surface area (Å²) >= 11 is 0. The van der Waals surface area contributed by atoms with Crippen molar-refractivity contribution in [1.82, 2.24) is 10.3 Å². The molecular formula is C21H20FN3O. The van der Waals surface area contributed by atoms with Crippen molar-refractivity contribution in [3.05, 3.63) is 90.0 Å². The van der Waals surface area contributed by atoms with Crippen molar-refractivity contribution >= 4 is 17.3 Å². The Bertz CT molecular complexity index is 868. The first-order valence-corrected chi connectivity index (χ1v) is 8.51. The molecule has 0 aliphatic carbocycles. The van der Waals surface area contributed by atoms with Gasteiger partial charge in [0, 0.05) is 24.1 Å². The Kier molecular flexibility index (Phi) is 5.93. The summed E-state index contributed by atoms with van der Waals surface area (Å²) in [5.74, 6) is -0.540. The molecule has 0 radical (unpaired) electrons. The maximum Gasteiger partial charge on any atom is 0.269 e. The zero-order valence-corrected chi connectivity index (χ0v) is 14.3. The van der Waals surface area contributed by atoms with Gasteiger partial charge in [0.05, 0.1) is 0 Å². The fourth-order valence-corrected chi connectivity index (χ4v) is 2.60. The number of aryl methyl sites for hydroxylation is 1. The van der Waals surface area contributed by atoms with Crippen molar-refractivity contribution in [1.29, 1.82) is 0 Å². The number of benzene rings is 2. The summed E-state index contributed by atoms with van der Waals surface area (Å²) in [7, 11) is 0. The lowest BCUT2D eigenvalue weighted by Gasteiger charge is -2.09. The van der Waals surface area contributed by atoms with E-state index < -0.39 is 0 Å². The van der Waals surface area contributed by atoms with E-state index in [0.717, 1.165) is 12.8 Å². The second kappa shape index (κ2) is 8.76. The number of nitrogens with one attached hydrogen (secondary N) is 2. The third-order valence-corrected chi connectivity index (χ3v) is 3.88. The van der Waals surface area contributed by atoms with Gasteiger partial charge in [0.2, 0.25) is 0 Å². The smallest absolute Gasteiger partial charge is 0.269 e. The minimum absolute atomic E-state index is 0.221. The second-order valence-electron chi connectivity index (χ2n) is 5.91. The number of carbonyl (C=O) groups is 1. The molecule has 1 amide bonds. The Morgan fingerprint density at radius 2 is 1.77 bits per heavy atom. The van der Waals surface area contributed by atoms with E-state index in [1.807, 2.05) is 18.2 Å². The molecule has 0 bridgehead atoms. The van der Waals surface area contributed by atoms with Crippen LogP contribution in [0.3, 0.4) is 0 Å². The van der Waals surface area contributed by atoms with Crippen LogP contribution in [0, 0.1) is 5.82 Å². The Hall–Kier alpha value is -3.21. The molecule has 1 aromatic heterocycles. The lowest BCUT2D eigenvalue weighted by atomic mass is 10.1. The number of anilines is 2. The van der Waals surface area contributed by atoms with Gasteiger partial charge < -0.3 is 10.6 Å². The summed E-state index contributed by atoms with van der Waals surface area (Å²) < 4.78 is 13.3. The van der Waals surface area contributed by atoms with E-state index >= 15 is 0 Å². The van der Waals surface area contributed by atoms with Gasteiger partial charge in [0.25, 0.3) is 5.91 Å². The van der Waals surface area contributed by atoms with E-state index in [4.69, 9.17) is 0 Å². The molecule has 0 aliphatic rings. The van der Waals surface area contributed by atoms with Crippen LogP contribution >= 0.6 is 0 Å². The number of amides is 1. The molecule has 0 aliphatic heterocycles. The molecular weight excluding hydrogens is 329 g/mol. The second-order valence-corrected chi connectivity index (χ2v) is 5.91. The Labute approximate surface area is 152 Å². The summed E-state index contributed by atoms with van der Waals surface area (Å²) in [6, 6.07) is 19.7. The third kappa shape index (κ3) is 5.14. The van der Waals surface area contributed by atoms with Crippen LogP contribution in [-0.2, 0) is 6.42 Å². The van der Waals surface area contributed by atoms with E-state index in [9.17, 15) is 9.18 Å². The summed E-state index contributed by atoms with van der Waals surface area (Å²) in [5, 5.41) is 5.95. The van der Waals surface area contributed by atoms with Gasteiger partial charge in [-0.15, -0.1) is 0 Å². The van der Waals surface area contributed by atoms with Crippen molar-refractivity contribution < 1.29 is 9.18 Å². The fraction of sp³-hybridized carbons (Fsp3) is 0.143. The zero-order chi connectivity index (χ0) is 18.2. The fourth-order valence-electron chi connectivity index (χ4n) is 2.60. The molecule has 3 aromatic rings. The normalized spacial score (nSPS) is 10.3. The van der Waals surface area contributed by atoms with E-state index in [1.54, 1.807) is 30.5 Å². The molecule has 4 nitrogen and oxygen atoms in total. The number of hydrogen-bond donors (Lipinski definition) is 2. The third-order valence-electron chi connectivity index (χ3n) is 3.88. The molecule has 0 atom stereocenters. The van der Waals surface area contributed by atoms with Gasteiger partial charge in [-0.2, -0.15) is 0 Å². The predicted octanol–water partition coefficient (Wildman–Crippen LogP) is 4.33. The monoisotopic (exact) mass is 349 g/mol. The highest BCUT2D eigenvalue weighted by molar-refractivity contribution is 5.93. The Morgan fingerprint density at radius 1 is 0.962 bits per heavy atom. The number of hydrogen-bond acceptors (Lipinski definition) is 3. The van der Waals surface area contributed by atoms with Gasteiger partial charge in [-0.25, -0.2) is 4.39 Å². The van der Waals surface area contributed by atoms with Crippen LogP contribution in [-0.4, -0.2) is 17.4 Å². The van der Waals surface area contributed by atoms with Crippen molar-refractivity contribution in [2.24, 2.45) is 0 Å². The highest BCUT2D eigenvalue weighted by atomic mass is 19.1. The summed E-state index contributed by atoms with van der Waals surface area (Å²) in [4.78, 5) is 16.4. The van der Waals surface area contributed by atoms with Crippen LogP contribution in [0.1, 0.15) is 22.5 Å². The standard InChI is InChI=1S/C21H20FN3O/c22-17-9-4-10-18(14-17)25-19-11-13-23-20(15-19)21(26)24-12-5-8-16-6-2-1-3-7-16/h1-4,6-7,9-11,13-15H,5,8,12H2,(H,23,25)(H,24,26). The summed E-state index contributed by atoms with van der Waals surface area (Å²) in [5.41, 5.74) is 2.87. The number of rotatable bonds is 7. The van der Waals surface area contributed by atoms with Gasteiger partial charge in [0.15, 0.2) is 0 Å². The molecule has 0 unspecified atom stereocenters. The Balaban J connectivity index is 1.53. The molecule has 0 saturated carbocycles. The molecule has 2 aromatic carbocycles. The maximum atomic E-state index is 13.3. The average molecular weight is 349 g/mol. The first-order chi connectivity index (χ1) is 12.7. The molecule has 1 heterocycles. The van der Waals surface area contributed by atoms with E-state index in [-0.39, 0.29) is 11.7 Å². The van der Waals surface area contributed by atoms with E-state index in [0.29, 0.717) is 23.6 Å². The van der Waals surface area contributed by atoms with Crippen LogP contribution in [0.2, 0.25) is 0 Å². The van der Waals surface area contributed by atoms with Crippen LogP contribution in [0.4, 0.5) is 15.8 Å². The predicted molar refractivity (Wildman–Crippen MR) is 101 cm³/mol. The van der Waals surface area contributed by atoms with Gasteiger partial charge in [0.1, 0.15) is 11.5 Å². The lowest BCUT2D eigenvalue weighted by molar-refractivity contribution is 0.0948. The number of halogens is 1. The molecule has 0 spiro atoms. The lowest BCUT2D eigenvalue weighted by Crippen LogP contribution is -2.25. The molecule has 26 heavy (non-hydrogen) atoms. The van der Waals surface area contributed by atoms with E-state index in [1.165, 1.54) is 17.7 Å². The minimum atomic E-state index is -0.319. The zero-order valence-electron chi connectivity index (χ0n) is 14.3. The molecule has 0 saturated heterocycles. The van der Waals surface area contributed by atoms with Gasteiger partial charge in [-0.05, 0) is 48.7 Å². The quantitative estimate of drug-likeness (QED) is 0.624. The molecule has 132 valence electrons. The van der Waals surface area contributed by atoms with Crippen molar-refractivity contribution in [2.75, 3.05) is 11.9 Å². The summed E-state index contributed by atoms with van der Waals surface area (Å²) in [6.07, 6.45) is 3.33. The van der Waals surface area contributed by atoms with Crippen molar-refractivity contribution in [3.63, 3.8) is 0 Å². The maximum absolute atomic E-state index is 13.3. The van der Waals surface area contributed by atoms with E-state index in [2.05, 4.69) is 27.8 Å². The summed E-state index contributed by atoms with van der Waals surface area (Å²) in [6.45, 7) is 0.580. The first kappa shape index (κ1) is 17.6. The molecule has 2 N–H and O–H groups in total. The highest BCUT2D eigenvalue weighted by Gasteiger charge is 2.08. The van der Waals surface area contributed by atoms with Crippen molar-refractivity contribution in [2.45, 2.75) is 12.8 Å². The van der Waals surface area contributed by atoms with Crippen molar-refractivity contribution in [3.8, 4) is 0 Å². The number of carbonyl (C=O) groups excluding carboxylic acids is 1. The molecule has 5 heteroatoms. The van der Waals surface area contributed by atoms with Crippen LogP contribution in [0.5, 0.6) is 0 Å². The number of pyridine rings is 1. The SMILES string of the molecule is O=C(NCCCc1ccccc1)c1cc(Nc2cccc(F)c2)ccn1. The van der Waals surface area contributed by atoms with Crippen LogP contribution in [0.25, 0.3) is 0 Å². The van der Waals surface area contributed by atoms with Gasteiger partial charge in [-0.1, -0.05) is 36.4 Å². The minimum Gasteiger partial charge on any atom is -0.355 e. The number of nitrogens with zero attached hydrogens (tertiary/aromatic N) is 1. The number of aromatic nitrogens is 1. The highest BCUT2D eigenvalue weighted by Crippen LogP contribution is 2.17. The molecule has 0 fully saturated rings. The molecule has 3 rings (SSSR count). The van der Waals surface area contributed by atoms with Crippen LogP contribution in [0.15, 0.2) is 72.9 Å². The topological polar surface area (TPSA) is 54.0 Å². The largest absolute Gasteiger partial charge is 0.355 e. The Morgan fingerprint density at radius 3 is 2.58 bits per heavy atom. The van der Waals surface area contributed by atoms with Gasteiger partial charge >= 0.3 is 0 Å². The van der Waals surface area contributed by atoms with Crippen LogP contribution < -0.4 is 10.6 Å². The first-order valence-electron chi connectivity index (χ1n) is 8.51. The van der Waals surface area contributed by atoms with Gasteiger partial charge in [-0.3, -0.25) is 9.78 Å².